The van der Waals surface area contributed by atoms with E-state index in [4.69, 9.17) is 0 Å². The molecule has 17 heavy (non-hydrogen) atoms. The molecule has 1 saturated carbocycles. The average Bonchev–Trinajstić information content (AvgIpc) is 2.53. The lowest BCUT2D eigenvalue weighted by molar-refractivity contribution is -0.121. The average molecular weight is 240 g/mol. The molecule has 1 rings (SSSR count). The molecule has 1 aliphatic carbocycles. The van der Waals surface area contributed by atoms with E-state index in [9.17, 15) is 4.79 Å². The van der Waals surface area contributed by atoms with Crippen molar-refractivity contribution in [1.82, 2.24) is 10.6 Å². The topological polar surface area (TPSA) is 41.1 Å². The quantitative estimate of drug-likeness (QED) is 0.553. The lowest BCUT2D eigenvalue weighted by Crippen LogP contribution is -2.36. The fourth-order valence-corrected chi connectivity index (χ4v) is 2.32. The van der Waals surface area contributed by atoms with E-state index >= 15 is 0 Å². The second-order valence-corrected chi connectivity index (χ2v) is 5.60. The standard InChI is InChI=1S/C14H28N2O/c1-12(2)11-15-10-9-14(17)16-13-7-5-3-4-6-8-13/h12-13,15H,3-11H2,1-2H3,(H,16,17). The number of rotatable bonds is 6. The van der Waals surface area contributed by atoms with Crippen LogP contribution in [0.3, 0.4) is 0 Å². The Balaban J connectivity index is 2.07. The Bertz CT molecular complexity index is 208. The molecule has 0 aromatic rings. The Morgan fingerprint density at radius 3 is 2.41 bits per heavy atom. The summed E-state index contributed by atoms with van der Waals surface area (Å²) < 4.78 is 0. The van der Waals surface area contributed by atoms with Gasteiger partial charge in [-0.1, -0.05) is 39.5 Å². The van der Waals surface area contributed by atoms with Crippen LogP contribution in [0.1, 0.15) is 58.8 Å². The van der Waals surface area contributed by atoms with E-state index in [2.05, 4.69) is 24.5 Å². The first-order valence-electron chi connectivity index (χ1n) is 7.18. The van der Waals surface area contributed by atoms with Gasteiger partial charge in [0.05, 0.1) is 0 Å². The van der Waals surface area contributed by atoms with Gasteiger partial charge >= 0.3 is 0 Å². The minimum Gasteiger partial charge on any atom is -0.353 e. The first kappa shape index (κ1) is 14.5. The van der Waals surface area contributed by atoms with Crippen LogP contribution >= 0.6 is 0 Å². The molecular weight excluding hydrogens is 212 g/mol. The van der Waals surface area contributed by atoms with Crippen LogP contribution in [0, 0.1) is 5.92 Å². The van der Waals surface area contributed by atoms with Crippen molar-refractivity contribution in [2.75, 3.05) is 13.1 Å². The molecule has 0 radical (unpaired) electrons. The van der Waals surface area contributed by atoms with E-state index in [1.54, 1.807) is 0 Å². The Morgan fingerprint density at radius 1 is 1.18 bits per heavy atom. The number of hydrogen-bond donors (Lipinski definition) is 2. The molecule has 1 amide bonds. The van der Waals surface area contributed by atoms with Crippen LogP contribution in [0.25, 0.3) is 0 Å². The molecule has 0 saturated heterocycles. The van der Waals surface area contributed by atoms with Crippen molar-refractivity contribution in [2.45, 2.75) is 64.8 Å². The van der Waals surface area contributed by atoms with E-state index in [0.29, 0.717) is 18.4 Å². The van der Waals surface area contributed by atoms with Crippen LogP contribution in [0.5, 0.6) is 0 Å². The predicted molar refractivity (Wildman–Crippen MR) is 72.0 cm³/mol. The molecule has 3 nitrogen and oxygen atoms in total. The number of nitrogens with one attached hydrogen (secondary N) is 2. The minimum absolute atomic E-state index is 0.216. The van der Waals surface area contributed by atoms with Crippen LogP contribution in [-0.2, 0) is 4.79 Å². The monoisotopic (exact) mass is 240 g/mol. The van der Waals surface area contributed by atoms with Gasteiger partial charge in [-0.3, -0.25) is 4.79 Å². The predicted octanol–water partition coefficient (Wildman–Crippen LogP) is 2.46. The van der Waals surface area contributed by atoms with Crippen molar-refractivity contribution in [3.8, 4) is 0 Å². The Labute approximate surface area is 106 Å². The number of carbonyl (C=O) groups is 1. The third-order valence-electron chi connectivity index (χ3n) is 3.30. The van der Waals surface area contributed by atoms with Gasteiger partial charge in [0.15, 0.2) is 0 Å². The molecule has 0 heterocycles. The summed E-state index contributed by atoms with van der Waals surface area (Å²) in [6.07, 6.45) is 8.18. The second-order valence-electron chi connectivity index (χ2n) is 5.60. The normalized spacial score (nSPS) is 18.1. The first-order valence-corrected chi connectivity index (χ1v) is 7.18. The zero-order valence-electron chi connectivity index (χ0n) is 11.4. The molecule has 100 valence electrons. The third-order valence-corrected chi connectivity index (χ3v) is 3.30. The first-order chi connectivity index (χ1) is 8.18. The molecule has 3 heteroatoms. The molecule has 0 spiro atoms. The summed E-state index contributed by atoms with van der Waals surface area (Å²) in [6.45, 7) is 6.16. The molecule has 1 aliphatic rings. The fourth-order valence-electron chi connectivity index (χ4n) is 2.32. The largest absolute Gasteiger partial charge is 0.353 e. The number of hydrogen-bond acceptors (Lipinski definition) is 2. The molecule has 0 aromatic carbocycles. The smallest absolute Gasteiger partial charge is 0.221 e. The second kappa shape index (κ2) is 8.51. The molecular formula is C14H28N2O. The van der Waals surface area contributed by atoms with Gasteiger partial charge in [-0.25, -0.2) is 0 Å². The van der Waals surface area contributed by atoms with Crippen LogP contribution < -0.4 is 10.6 Å². The highest BCUT2D eigenvalue weighted by Crippen LogP contribution is 2.17. The van der Waals surface area contributed by atoms with Gasteiger partial charge in [0.1, 0.15) is 0 Å². The Hall–Kier alpha value is -0.570. The van der Waals surface area contributed by atoms with Gasteiger partial charge in [-0.2, -0.15) is 0 Å². The Kier molecular flexibility index (Phi) is 7.25. The number of carbonyl (C=O) groups excluding carboxylic acids is 1. The molecule has 2 N–H and O–H groups in total. The molecule has 0 aromatic heterocycles. The van der Waals surface area contributed by atoms with Crippen LogP contribution in [0.4, 0.5) is 0 Å². The summed E-state index contributed by atoms with van der Waals surface area (Å²) in [5, 5.41) is 6.47. The summed E-state index contributed by atoms with van der Waals surface area (Å²) in [6, 6.07) is 0.440. The van der Waals surface area contributed by atoms with Gasteiger partial charge in [-0.15, -0.1) is 0 Å². The third kappa shape index (κ3) is 7.37. The molecule has 1 fully saturated rings. The van der Waals surface area contributed by atoms with E-state index in [-0.39, 0.29) is 5.91 Å². The highest BCUT2D eigenvalue weighted by Gasteiger charge is 2.14. The van der Waals surface area contributed by atoms with Gasteiger partial charge < -0.3 is 10.6 Å². The van der Waals surface area contributed by atoms with Crippen molar-refractivity contribution in [3.63, 3.8) is 0 Å². The van der Waals surface area contributed by atoms with Crippen molar-refractivity contribution >= 4 is 5.91 Å². The summed E-state index contributed by atoms with van der Waals surface area (Å²) in [7, 11) is 0. The maximum Gasteiger partial charge on any atom is 0.221 e. The van der Waals surface area contributed by atoms with Crippen LogP contribution in [0.2, 0.25) is 0 Å². The maximum atomic E-state index is 11.7. The van der Waals surface area contributed by atoms with Crippen LogP contribution in [-0.4, -0.2) is 25.0 Å². The highest BCUT2D eigenvalue weighted by atomic mass is 16.1. The molecule has 0 unspecified atom stereocenters. The molecule has 0 atom stereocenters. The van der Waals surface area contributed by atoms with Crippen molar-refractivity contribution < 1.29 is 4.79 Å². The summed E-state index contributed by atoms with van der Waals surface area (Å²) in [4.78, 5) is 11.7. The zero-order valence-corrected chi connectivity index (χ0v) is 11.4. The zero-order chi connectivity index (χ0) is 12.5. The lowest BCUT2D eigenvalue weighted by atomic mass is 10.1. The maximum absolute atomic E-state index is 11.7. The molecule has 0 aliphatic heterocycles. The Morgan fingerprint density at radius 2 is 1.82 bits per heavy atom. The van der Waals surface area contributed by atoms with E-state index in [0.717, 1.165) is 13.1 Å². The lowest BCUT2D eigenvalue weighted by Gasteiger charge is -2.16. The van der Waals surface area contributed by atoms with Gasteiger partial charge in [0.2, 0.25) is 5.91 Å². The summed E-state index contributed by atoms with van der Waals surface area (Å²) in [5.41, 5.74) is 0. The van der Waals surface area contributed by atoms with Gasteiger partial charge in [0, 0.05) is 19.0 Å². The molecule has 0 bridgehead atoms. The fraction of sp³-hybridized carbons (Fsp3) is 0.929. The van der Waals surface area contributed by atoms with Crippen molar-refractivity contribution in [2.24, 2.45) is 5.92 Å². The van der Waals surface area contributed by atoms with E-state index in [1.165, 1.54) is 38.5 Å². The summed E-state index contributed by atoms with van der Waals surface area (Å²) in [5.74, 6) is 0.869. The van der Waals surface area contributed by atoms with Gasteiger partial charge in [0.25, 0.3) is 0 Å². The van der Waals surface area contributed by atoms with Crippen LogP contribution in [0.15, 0.2) is 0 Å². The van der Waals surface area contributed by atoms with Crippen molar-refractivity contribution in [3.05, 3.63) is 0 Å². The van der Waals surface area contributed by atoms with E-state index < -0.39 is 0 Å². The highest BCUT2D eigenvalue weighted by molar-refractivity contribution is 5.76. The van der Waals surface area contributed by atoms with E-state index in [1.807, 2.05) is 0 Å². The van der Waals surface area contributed by atoms with Gasteiger partial charge in [-0.05, 0) is 25.3 Å². The number of amides is 1. The van der Waals surface area contributed by atoms with Crippen molar-refractivity contribution in [1.29, 1.82) is 0 Å². The summed E-state index contributed by atoms with van der Waals surface area (Å²) >= 11 is 0. The SMILES string of the molecule is CC(C)CNCCC(=O)NC1CCCCCC1. The minimum atomic E-state index is 0.216.